The summed E-state index contributed by atoms with van der Waals surface area (Å²) >= 11 is 0. The summed E-state index contributed by atoms with van der Waals surface area (Å²) in [6.45, 7) is 0.148. The number of hydrogen-bond acceptors (Lipinski definition) is 4. The Labute approximate surface area is 202 Å². The van der Waals surface area contributed by atoms with Gasteiger partial charge >= 0.3 is 6.18 Å². The molecule has 0 saturated carbocycles. The van der Waals surface area contributed by atoms with E-state index < -0.39 is 22.6 Å². The number of alkyl halides is 3. The summed E-state index contributed by atoms with van der Waals surface area (Å²) in [6.07, 6.45) is -1.39. The number of halogens is 3. The van der Waals surface area contributed by atoms with Crippen LogP contribution in [-0.2, 0) is 17.5 Å². The topological polar surface area (TPSA) is 101 Å². The Bertz CT molecular complexity index is 1530. The number of carbonyl (C=O) groups excluding carboxylic acids is 1. The molecule has 0 atom stereocenters. The zero-order valence-corrected chi connectivity index (χ0v) is 18.5. The number of fused-ring (bicyclic) bond motifs is 1. The number of non-ortho nitro benzene ring substituents is 1. The largest absolute Gasteiger partial charge is 0.416 e. The summed E-state index contributed by atoms with van der Waals surface area (Å²) < 4.78 is 41.1. The van der Waals surface area contributed by atoms with Crippen molar-refractivity contribution in [3.8, 4) is 6.07 Å². The number of nitrogens with one attached hydrogen (secondary N) is 1. The molecule has 1 N–H and O–H groups in total. The van der Waals surface area contributed by atoms with Gasteiger partial charge in [0.25, 0.3) is 11.6 Å². The number of nitrogens with zero attached hydrogens (tertiary/aromatic N) is 3. The number of nitriles is 1. The lowest BCUT2D eigenvalue weighted by molar-refractivity contribution is -0.384. The van der Waals surface area contributed by atoms with Gasteiger partial charge in [-0.25, -0.2) is 0 Å². The minimum Gasteiger partial charge on any atom is -0.342 e. The van der Waals surface area contributed by atoms with Crippen LogP contribution in [-0.4, -0.2) is 15.4 Å². The van der Waals surface area contributed by atoms with Gasteiger partial charge in [-0.05, 0) is 42.0 Å². The van der Waals surface area contributed by atoms with E-state index in [2.05, 4.69) is 5.32 Å². The maximum Gasteiger partial charge on any atom is 0.416 e. The van der Waals surface area contributed by atoms with Crippen LogP contribution in [0.3, 0.4) is 0 Å². The van der Waals surface area contributed by atoms with Gasteiger partial charge in [0.15, 0.2) is 0 Å². The van der Waals surface area contributed by atoms with Crippen LogP contribution in [0.1, 0.15) is 16.7 Å². The molecule has 7 nitrogen and oxygen atoms in total. The first-order valence-corrected chi connectivity index (χ1v) is 10.6. The molecule has 1 amide bonds. The van der Waals surface area contributed by atoms with Crippen LogP contribution in [0.15, 0.2) is 84.6 Å². The van der Waals surface area contributed by atoms with Crippen LogP contribution in [0.2, 0.25) is 0 Å². The van der Waals surface area contributed by atoms with E-state index in [0.717, 1.165) is 12.1 Å². The summed E-state index contributed by atoms with van der Waals surface area (Å²) in [5, 5.41) is 23.6. The van der Waals surface area contributed by atoms with Crippen molar-refractivity contribution in [2.24, 2.45) is 0 Å². The lowest BCUT2D eigenvalue weighted by Gasteiger charge is -2.10. The molecule has 4 rings (SSSR count). The molecule has 0 radical (unpaired) electrons. The molecule has 0 aliphatic rings. The monoisotopic (exact) mass is 490 g/mol. The minimum absolute atomic E-state index is 0.141. The molecule has 1 heterocycles. The highest BCUT2D eigenvalue weighted by molar-refractivity contribution is 6.10. The van der Waals surface area contributed by atoms with Gasteiger partial charge in [0.05, 0.1) is 10.5 Å². The third kappa shape index (κ3) is 5.26. The second kappa shape index (κ2) is 9.76. The van der Waals surface area contributed by atoms with Gasteiger partial charge < -0.3 is 9.88 Å². The highest BCUT2D eigenvalue weighted by Gasteiger charge is 2.30. The maximum atomic E-state index is 13.1. The van der Waals surface area contributed by atoms with Crippen molar-refractivity contribution < 1.29 is 22.9 Å². The van der Waals surface area contributed by atoms with E-state index >= 15 is 0 Å². The van der Waals surface area contributed by atoms with Crippen LogP contribution in [0.5, 0.6) is 0 Å². The van der Waals surface area contributed by atoms with Crippen LogP contribution in [0.25, 0.3) is 17.0 Å². The van der Waals surface area contributed by atoms with Gasteiger partial charge in [0.2, 0.25) is 0 Å². The predicted octanol–water partition coefficient (Wildman–Crippen LogP) is 6.16. The Kier molecular flexibility index (Phi) is 6.56. The summed E-state index contributed by atoms with van der Waals surface area (Å²) in [7, 11) is 0. The normalized spacial score (nSPS) is 11.8. The Hall–Kier alpha value is -4.91. The number of carbonyl (C=O) groups is 1. The zero-order chi connectivity index (χ0) is 25.9. The number of rotatable bonds is 6. The van der Waals surface area contributed by atoms with Crippen LogP contribution >= 0.6 is 0 Å². The Morgan fingerprint density at radius 2 is 1.81 bits per heavy atom. The first-order chi connectivity index (χ1) is 17.2. The number of anilines is 1. The molecule has 0 aliphatic carbocycles. The van der Waals surface area contributed by atoms with E-state index in [4.69, 9.17) is 0 Å². The lowest BCUT2D eigenvalue weighted by Crippen LogP contribution is -2.13. The van der Waals surface area contributed by atoms with Gasteiger partial charge in [-0.2, -0.15) is 18.4 Å². The number of benzene rings is 3. The van der Waals surface area contributed by atoms with E-state index in [9.17, 15) is 33.3 Å². The van der Waals surface area contributed by atoms with Crippen molar-refractivity contribution in [2.75, 3.05) is 5.32 Å². The number of amides is 1. The van der Waals surface area contributed by atoms with E-state index in [1.54, 1.807) is 41.1 Å². The molecule has 0 bridgehead atoms. The lowest BCUT2D eigenvalue weighted by atomic mass is 10.1. The molecule has 4 aromatic rings. The molecule has 36 heavy (non-hydrogen) atoms. The zero-order valence-electron chi connectivity index (χ0n) is 18.5. The van der Waals surface area contributed by atoms with E-state index in [-0.39, 0.29) is 23.5 Å². The number of hydrogen-bond donors (Lipinski definition) is 1. The predicted molar refractivity (Wildman–Crippen MR) is 128 cm³/mol. The van der Waals surface area contributed by atoms with Crippen molar-refractivity contribution >= 4 is 34.3 Å². The molecule has 1 aromatic heterocycles. The summed E-state index contributed by atoms with van der Waals surface area (Å²) in [5.74, 6) is -0.707. The van der Waals surface area contributed by atoms with Gasteiger partial charge in [0.1, 0.15) is 11.6 Å². The van der Waals surface area contributed by atoms with Crippen molar-refractivity contribution in [2.45, 2.75) is 12.7 Å². The average molecular weight is 490 g/mol. The molecule has 0 unspecified atom stereocenters. The van der Waals surface area contributed by atoms with Gasteiger partial charge in [0, 0.05) is 47.0 Å². The molecular formula is C26H17F3N4O3. The van der Waals surface area contributed by atoms with Crippen LogP contribution < -0.4 is 5.32 Å². The fraction of sp³-hybridized carbons (Fsp3) is 0.0769. The molecule has 0 spiro atoms. The Morgan fingerprint density at radius 1 is 1.08 bits per heavy atom. The molecule has 0 fully saturated rings. The fourth-order valence-electron chi connectivity index (χ4n) is 3.73. The Morgan fingerprint density at radius 3 is 2.47 bits per heavy atom. The first kappa shape index (κ1) is 24.2. The standard InChI is InChI=1S/C26H17F3N4O3/c27-26(28,29)20-5-3-4-17(12-20)15-32-16-19(23-6-1-2-7-24(23)32)13-18(14-30)25(34)31-21-8-10-22(11-9-21)33(35)36/h1-13,16H,15H2,(H,31,34)/b18-13+. The fourth-order valence-corrected chi connectivity index (χ4v) is 3.73. The number of aromatic nitrogens is 1. The molecular weight excluding hydrogens is 473 g/mol. The Balaban J connectivity index is 1.64. The molecule has 10 heteroatoms. The van der Waals surface area contributed by atoms with Crippen molar-refractivity contribution in [3.05, 3.63) is 111 Å². The van der Waals surface area contributed by atoms with Gasteiger partial charge in [-0.15, -0.1) is 0 Å². The van der Waals surface area contributed by atoms with Crippen LogP contribution in [0, 0.1) is 21.4 Å². The van der Waals surface area contributed by atoms with Crippen LogP contribution in [0.4, 0.5) is 24.5 Å². The minimum atomic E-state index is -4.46. The smallest absolute Gasteiger partial charge is 0.342 e. The average Bonchev–Trinajstić information content (AvgIpc) is 3.19. The third-order valence-electron chi connectivity index (χ3n) is 5.43. The van der Waals surface area contributed by atoms with E-state index in [0.29, 0.717) is 22.0 Å². The summed E-state index contributed by atoms with van der Waals surface area (Å²) in [5.41, 5.74) is 0.873. The summed E-state index contributed by atoms with van der Waals surface area (Å²) in [4.78, 5) is 22.9. The highest BCUT2D eigenvalue weighted by Crippen LogP contribution is 2.30. The van der Waals surface area contributed by atoms with Crippen molar-refractivity contribution in [1.82, 2.24) is 4.57 Å². The molecule has 3 aromatic carbocycles. The summed E-state index contributed by atoms with van der Waals surface area (Å²) in [6, 6.07) is 19.2. The van der Waals surface area contributed by atoms with Crippen molar-refractivity contribution in [3.63, 3.8) is 0 Å². The SMILES string of the molecule is N#C/C(=C\c1cn(Cc2cccc(C(F)(F)F)c2)c2ccccc12)C(=O)Nc1ccc([N+](=O)[O-])cc1. The van der Waals surface area contributed by atoms with Gasteiger partial charge in [-0.3, -0.25) is 14.9 Å². The van der Waals surface area contributed by atoms with E-state index in [1.165, 1.54) is 36.4 Å². The second-order valence-electron chi connectivity index (χ2n) is 7.86. The van der Waals surface area contributed by atoms with Gasteiger partial charge in [-0.1, -0.05) is 30.3 Å². The second-order valence-corrected chi connectivity index (χ2v) is 7.86. The van der Waals surface area contributed by atoms with E-state index in [1.807, 2.05) is 6.07 Å². The number of nitro groups is 1. The first-order valence-electron chi connectivity index (χ1n) is 10.6. The maximum absolute atomic E-state index is 13.1. The molecule has 180 valence electrons. The molecule has 0 saturated heterocycles. The quantitative estimate of drug-likeness (QED) is 0.151. The highest BCUT2D eigenvalue weighted by atomic mass is 19.4. The third-order valence-corrected chi connectivity index (χ3v) is 5.43. The van der Waals surface area contributed by atoms with Crippen molar-refractivity contribution in [1.29, 1.82) is 5.26 Å². The molecule has 0 aliphatic heterocycles. The number of nitro benzene ring substituents is 1. The number of para-hydroxylation sites is 1.